The van der Waals surface area contributed by atoms with Crippen molar-refractivity contribution in [2.45, 2.75) is 25.9 Å². The summed E-state index contributed by atoms with van der Waals surface area (Å²) in [5.74, 6) is 0.847. The number of nitrogens with two attached hydrogens (primary N) is 1. The predicted octanol–water partition coefficient (Wildman–Crippen LogP) is 1.46. The van der Waals surface area contributed by atoms with E-state index in [1.165, 1.54) is 0 Å². The van der Waals surface area contributed by atoms with E-state index in [2.05, 4.69) is 5.32 Å². The maximum Gasteiger partial charge on any atom is 0.234 e. The van der Waals surface area contributed by atoms with Crippen molar-refractivity contribution in [1.29, 1.82) is 0 Å². The minimum absolute atomic E-state index is 0.388. The molecule has 1 aromatic rings. The molecule has 1 atom stereocenters. The minimum atomic E-state index is -0.394. The van der Waals surface area contributed by atoms with Crippen LogP contribution in [0.15, 0.2) is 12.1 Å². The number of ether oxygens (including phenoxy) is 2. The van der Waals surface area contributed by atoms with Gasteiger partial charge >= 0.3 is 0 Å². The van der Waals surface area contributed by atoms with Crippen LogP contribution >= 0.6 is 11.6 Å². The summed E-state index contributed by atoms with van der Waals surface area (Å²) < 4.78 is 11.1. The summed E-state index contributed by atoms with van der Waals surface area (Å²) in [5.41, 5.74) is 6.11. The zero-order chi connectivity index (χ0) is 13.8. The first-order chi connectivity index (χ1) is 9.08. The topological polar surface area (TPSA) is 73.6 Å². The third-order valence-electron chi connectivity index (χ3n) is 2.90. The summed E-state index contributed by atoms with van der Waals surface area (Å²) >= 11 is 6.17. The van der Waals surface area contributed by atoms with Gasteiger partial charge in [0.05, 0.1) is 24.3 Å². The van der Waals surface area contributed by atoms with Crippen LogP contribution in [-0.2, 0) is 11.3 Å². The van der Waals surface area contributed by atoms with Crippen molar-refractivity contribution in [3.63, 3.8) is 0 Å². The van der Waals surface area contributed by atoms with Crippen LogP contribution < -0.4 is 20.5 Å². The van der Waals surface area contributed by atoms with Crippen LogP contribution in [0.3, 0.4) is 0 Å². The van der Waals surface area contributed by atoms with Crippen molar-refractivity contribution in [1.82, 2.24) is 5.32 Å². The second-order valence-electron chi connectivity index (χ2n) is 4.46. The Bertz CT molecular complexity index is 479. The van der Waals surface area contributed by atoms with Gasteiger partial charge in [-0.3, -0.25) is 4.79 Å². The molecule has 1 heterocycles. The van der Waals surface area contributed by atoms with Gasteiger partial charge in [0.25, 0.3) is 0 Å². The minimum Gasteiger partial charge on any atom is -0.489 e. The monoisotopic (exact) mass is 284 g/mol. The van der Waals surface area contributed by atoms with Crippen molar-refractivity contribution >= 4 is 17.5 Å². The highest BCUT2D eigenvalue weighted by atomic mass is 35.5. The molecule has 5 nitrogen and oxygen atoms in total. The fraction of sp³-hybridized carbons (Fsp3) is 0.462. The molecule has 19 heavy (non-hydrogen) atoms. The first-order valence-corrected chi connectivity index (χ1v) is 6.56. The van der Waals surface area contributed by atoms with Crippen LogP contribution in [0, 0.1) is 0 Å². The molecular formula is C13H17ClN2O3. The summed E-state index contributed by atoms with van der Waals surface area (Å²) in [7, 11) is 0. The lowest BCUT2D eigenvalue weighted by Crippen LogP contribution is -2.38. The van der Waals surface area contributed by atoms with Crippen molar-refractivity contribution < 1.29 is 14.3 Å². The molecule has 0 spiro atoms. The van der Waals surface area contributed by atoms with E-state index in [-0.39, 0.29) is 5.91 Å². The first-order valence-electron chi connectivity index (χ1n) is 6.18. The molecule has 0 fully saturated rings. The zero-order valence-corrected chi connectivity index (χ0v) is 11.5. The van der Waals surface area contributed by atoms with Gasteiger partial charge in [-0.1, -0.05) is 11.6 Å². The van der Waals surface area contributed by atoms with E-state index in [1.54, 1.807) is 13.0 Å². The molecule has 2 rings (SSSR count). The molecule has 0 radical (unpaired) electrons. The van der Waals surface area contributed by atoms with Crippen molar-refractivity contribution in [3.05, 3.63) is 22.7 Å². The summed E-state index contributed by atoms with van der Waals surface area (Å²) in [6.07, 6.45) is 0.831. The zero-order valence-electron chi connectivity index (χ0n) is 10.7. The van der Waals surface area contributed by atoms with Crippen LogP contribution in [0.2, 0.25) is 5.02 Å². The molecule has 1 aliphatic heterocycles. The van der Waals surface area contributed by atoms with Crippen molar-refractivity contribution in [3.8, 4) is 11.5 Å². The Morgan fingerprint density at radius 2 is 2.21 bits per heavy atom. The largest absolute Gasteiger partial charge is 0.489 e. The van der Waals surface area contributed by atoms with E-state index in [1.807, 2.05) is 6.07 Å². The van der Waals surface area contributed by atoms with Gasteiger partial charge in [-0.25, -0.2) is 0 Å². The Labute approximate surface area is 117 Å². The van der Waals surface area contributed by atoms with Gasteiger partial charge in [0.1, 0.15) is 0 Å². The first kappa shape index (κ1) is 14.0. The molecule has 6 heteroatoms. The molecular weight excluding hydrogens is 268 g/mol. The van der Waals surface area contributed by atoms with Gasteiger partial charge in [-0.15, -0.1) is 0 Å². The number of hydrogen-bond acceptors (Lipinski definition) is 4. The average molecular weight is 285 g/mol. The fourth-order valence-corrected chi connectivity index (χ4v) is 2.05. The maximum absolute atomic E-state index is 11.0. The lowest BCUT2D eigenvalue weighted by Gasteiger charge is -2.13. The number of benzene rings is 1. The standard InChI is InChI=1S/C13H17ClN2O3/c1-8(13(15)17)16-7-9-5-10(14)12-11(6-9)18-3-2-4-19-12/h5-6,8,16H,2-4,7H2,1H3,(H2,15,17). The average Bonchev–Trinajstić information content (AvgIpc) is 2.61. The second-order valence-corrected chi connectivity index (χ2v) is 4.87. The van der Waals surface area contributed by atoms with Crippen LogP contribution in [0.4, 0.5) is 0 Å². The number of amides is 1. The number of halogens is 1. The summed E-state index contributed by atoms with van der Waals surface area (Å²) in [6.45, 7) is 3.41. The predicted molar refractivity (Wildman–Crippen MR) is 72.6 cm³/mol. The normalized spacial score (nSPS) is 15.7. The quantitative estimate of drug-likeness (QED) is 0.878. The van der Waals surface area contributed by atoms with E-state index in [0.29, 0.717) is 36.3 Å². The van der Waals surface area contributed by atoms with Gasteiger partial charge in [0.15, 0.2) is 11.5 Å². The number of carbonyl (C=O) groups excluding carboxylic acids is 1. The molecule has 0 aromatic heterocycles. The number of rotatable bonds is 4. The van der Waals surface area contributed by atoms with Gasteiger partial charge in [-0.2, -0.15) is 0 Å². The Balaban J connectivity index is 2.12. The van der Waals surface area contributed by atoms with Gasteiger partial charge in [0.2, 0.25) is 5.91 Å². The molecule has 0 aliphatic carbocycles. The Morgan fingerprint density at radius 3 is 2.95 bits per heavy atom. The summed E-state index contributed by atoms with van der Waals surface area (Å²) in [4.78, 5) is 11.0. The molecule has 0 saturated carbocycles. The maximum atomic E-state index is 11.0. The van der Waals surface area contributed by atoms with E-state index < -0.39 is 6.04 Å². The highest BCUT2D eigenvalue weighted by molar-refractivity contribution is 6.32. The Kier molecular flexibility index (Phi) is 4.50. The summed E-state index contributed by atoms with van der Waals surface area (Å²) in [5, 5.41) is 3.54. The molecule has 0 bridgehead atoms. The number of primary amides is 1. The number of hydrogen-bond donors (Lipinski definition) is 2. The SMILES string of the molecule is CC(NCc1cc(Cl)c2c(c1)OCCCO2)C(N)=O. The van der Waals surface area contributed by atoms with Crippen molar-refractivity contribution in [2.75, 3.05) is 13.2 Å². The van der Waals surface area contributed by atoms with Crippen LogP contribution in [0.5, 0.6) is 11.5 Å². The Hall–Kier alpha value is -1.46. The van der Waals surface area contributed by atoms with E-state index in [9.17, 15) is 4.79 Å². The fourth-order valence-electron chi connectivity index (χ4n) is 1.76. The third kappa shape index (κ3) is 3.52. The third-order valence-corrected chi connectivity index (χ3v) is 3.18. The van der Waals surface area contributed by atoms with Crippen LogP contribution in [0.1, 0.15) is 18.9 Å². The van der Waals surface area contributed by atoms with Crippen LogP contribution in [0.25, 0.3) is 0 Å². The van der Waals surface area contributed by atoms with E-state index in [4.69, 9.17) is 26.8 Å². The smallest absolute Gasteiger partial charge is 0.234 e. The molecule has 104 valence electrons. The summed E-state index contributed by atoms with van der Waals surface area (Å²) in [6, 6.07) is 3.28. The Morgan fingerprint density at radius 1 is 1.47 bits per heavy atom. The molecule has 1 amide bonds. The van der Waals surface area contributed by atoms with E-state index >= 15 is 0 Å². The molecule has 1 unspecified atom stereocenters. The van der Waals surface area contributed by atoms with Gasteiger partial charge in [-0.05, 0) is 24.6 Å². The van der Waals surface area contributed by atoms with Gasteiger partial charge < -0.3 is 20.5 Å². The van der Waals surface area contributed by atoms with Crippen molar-refractivity contribution in [2.24, 2.45) is 5.73 Å². The molecule has 3 N–H and O–H groups in total. The van der Waals surface area contributed by atoms with Crippen LogP contribution in [-0.4, -0.2) is 25.2 Å². The van der Waals surface area contributed by atoms with Gasteiger partial charge in [0, 0.05) is 13.0 Å². The lowest BCUT2D eigenvalue weighted by atomic mass is 10.2. The molecule has 1 aromatic carbocycles. The van der Waals surface area contributed by atoms with E-state index in [0.717, 1.165) is 12.0 Å². The second kappa shape index (κ2) is 6.12. The number of nitrogens with one attached hydrogen (secondary N) is 1. The lowest BCUT2D eigenvalue weighted by molar-refractivity contribution is -0.119. The number of fused-ring (bicyclic) bond motifs is 1. The number of carbonyl (C=O) groups is 1. The highest BCUT2D eigenvalue weighted by Gasteiger charge is 2.16. The highest BCUT2D eigenvalue weighted by Crippen LogP contribution is 2.37. The molecule has 0 saturated heterocycles. The molecule has 1 aliphatic rings.